The Balaban J connectivity index is 1.78. The molecule has 1 aromatic rings. The molecule has 0 spiro atoms. The Morgan fingerprint density at radius 3 is 2.82 bits per heavy atom. The second-order valence-corrected chi connectivity index (χ2v) is 4.53. The molecule has 0 aliphatic carbocycles. The van der Waals surface area contributed by atoms with Crippen LogP contribution in [0.4, 0.5) is 0 Å². The third-order valence-electron chi connectivity index (χ3n) is 3.37. The van der Waals surface area contributed by atoms with Crippen molar-refractivity contribution in [3.8, 4) is 0 Å². The van der Waals surface area contributed by atoms with Gasteiger partial charge >= 0.3 is 0 Å². The minimum absolute atomic E-state index is 0.0379. The summed E-state index contributed by atoms with van der Waals surface area (Å²) in [4.78, 5) is 0. The summed E-state index contributed by atoms with van der Waals surface area (Å²) in [7, 11) is 0. The maximum atomic E-state index is 6.22. The van der Waals surface area contributed by atoms with Crippen LogP contribution in [0.1, 0.15) is 22.7 Å². The summed E-state index contributed by atoms with van der Waals surface area (Å²) in [5.74, 6) is 0. The molecular formula is C13H17NO3. The summed E-state index contributed by atoms with van der Waals surface area (Å²) < 4.78 is 16.4. The molecule has 0 amide bonds. The zero-order valence-corrected chi connectivity index (χ0v) is 9.72. The molecule has 4 nitrogen and oxygen atoms in total. The number of benzene rings is 1. The lowest BCUT2D eigenvalue weighted by Gasteiger charge is -2.28. The Morgan fingerprint density at radius 1 is 1.12 bits per heavy atom. The smallest absolute Gasteiger partial charge is 0.100 e. The van der Waals surface area contributed by atoms with E-state index in [1.54, 1.807) is 0 Å². The van der Waals surface area contributed by atoms with Crippen LogP contribution in [0.3, 0.4) is 0 Å². The molecule has 2 atom stereocenters. The summed E-state index contributed by atoms with van der Waals surface area (Å²) in [6.07, 6.45) is -0.0379. The highest BCUT2D eigenvalue weighted by atomic mass is 16.6. The minimum Gasteiger partial charge on any atom is -0.376 e. The van der Waals surface area contributed by atoms with Gasteiger partial charge in [-0.2, -0.15) is 0 Å². The highest BCUT2D eigenvalue weighted by molar-refractivity contribution is 5.35. The largest absolute Gasteiger partial charge is 0.376 e. The average molecular weight is 235 g/mol. The van der Waals surface area contributed by atoms with Gasteiger partial charge in [0.25, 0.3) is 0 Å². The van der Waals surface area contributed by atoms with Gasteiger partial charge in [-0.3, -0.25) is 0 Å². The van der Waals surface area contributed by atoms with Crippen molar-refractivity contribution in [3.05, 3.63) is 34.9 Å². The fourth-order valence-electron chi connectivity index (χ4n) is 2.33. The summed E-state index contributed by atoms with van der Waals surface area (Å²) >= 11 is 0. The van der Waals surface area contributed by atoms with E-state index in [4.69, 9.17) is 19.9 Å². The summed E-state index contributed by atoms with van der Waals surface area (Å²) in [6.45, 7) is 3.29. The maximum Gasteiger partial charge on any atom is 0.100 e. The Kier molecular flexibility index (Phi) is 3.11. The van der Waals surface area contributed by atoms with Crippen LogP contribution >= 0.6 is 0 Å². The molecule has 0 radical (unpaired) electrons. The highest BCUT2D eigenvalue weighted by Gasteiger charge is 2.24. The van der Waals surface area contributed by atoms with Gasteiger partial charge in [0, 0.05) is 0 Å². The first-order valence-electron chi connectivity index (χ1n) is 5.99. The topological polar surface area (TPSA) is 53.7 Å². The summed E-state index contributed by atoms with van der Waals surface area (Å²) in [6, 6.07) is 6.17. The van der Waals surface area contributed by atoms with Crippen LogP contribution in [0, 0.1) is 0 Å². The first-order chi connectivity index (χ1) is 8.34. The van der Waals surface area contributed by atoms with Crippen LogP contribution < -0.4 is 5.73 Å². The van der Waals surface area contributed by atoms with Crippen LogP contribution in [0.25, 0.3) is 0 Å². The van der Waals surface area contributed by atoms with Gasteiger partial charge in [-0.15, -0.1) is 0 Å². The van der Waals surface area contributed by atoms with Crippen molar-refractivity contribution in [1.82, 2.24) is 0 Å². The maximum absolute atomic E-state index is 6.22. The van der Waals surface area contributed by atoms with Crippen molar-refractivity contribution >= 4 is 0 Å². The normalized spacial score (nSPS) is 25.6. The first-order valence-corrected chi connectivity index (χ1v) is 5.99. The minimum atomic E-state index is -0.124. The van der Waals surface area contributed by atoms with Crippen molar-refractivity contribution in [2.24, 2.45) is 5.73 Å². The zero-order valence-electron chi connectivity index (χ0n) is 9.72. The quantitative estimate of drug-likeness (QED) is 0.835. The molecular weight excluding hydrogens is 218 g/mol. The number of hydrogen-bond acceptors (Lipinski definition) is 4. The van der Waals surface area contributed by atoms with Gasteiger partial charge in [0.1, 0.15) is 6.10 Å². The predicted octanol–water partition coefficient (Wildman–Crippen LogP) is 1.13. The van der Waals surface area contributed by atoms with Crippen LogP contribution in [0.15, 0.2) is 18.2 Å². The molecule has 1 fully saturated rings. The van der Waals surface area contributed by atoms with Crippen LogP contribution in [0.5, 0.6) is 0 Å². The molecule has 2 N–H and O–H groups in total. The molecule has 17 heavy (non-hydrogen) atoms. The van der Waals surface area contributed by atoms with Gasteiger partial charge in [-0.05, 0) is 16.7 Å². The monoisotopic (exact) mass is 235 g/mol. The van der Waals surface area contributed by atoms with E-state index in [2.05, 4.69) is 18.2 Å². The molecule has 3 rings (SSSR count). The molecule has 2 aliphatic rings. The molecule has 92 valence electrons. The van der Waals surface area contributed by atoms with E-state index in [1.165, 1.54) is 11.1 Å². The Morgan fingerprint density at radius 2 is 2.00 bits per heavy atom. The Labute approximate surface area is 101 Å². The van der Waals surface area contributed by atoms with E-state index in [1.807, 2.05) is 0 Å². The second-order valence-electron chi connectivity index (χ2n) is 4.53. The fraction of sp³-hybridized carbons (Fsp3) is 0.538. The number of nitrogens with two attached hydrogens (primary N) is 1. The van der Waals surface area contributed by atoms with Gasteiger partial charge < -0.3 is 19.9 Å². The molecule has 1 aromatic carbocycles. The lowest BCUT2D eigenvalue weighted by Crippen LogP contribution is -2.37. The SMILES string of the molecule is NC(c1ccc2c(c1)COC2)C1COCCO1. The van der Waals surface area contributed by atoms with Crippen LogP contribution in [-0.2, 0) is 27.4 Å². The number of fused-ring (bicyclic) bond motifs is 1. The zero-order chi connectivity index (χ0) is 11.7. The Hall–Kier alpha value is -0.940. The van der Waals surface area contributed by atoms with Gasteiger partial charge in [-0.1, -0.05) is 18.2 Å². The van der Waals surface area contributed by atoms with Crippen molar-refractivity contribution in [2.75, 3.05) is 19.8 Å². The van der Waals surface area contributed by atoms with E-state index < -0.39 is 0 Å². The van der Waals surface area contributed by atoms with Gasteiger partial charge in [-0.25, -0.2) is 0 Å². The average Bonchev–Trinajstić information content (AvgIpc) is 2.86. The highest BCUT2D eigenvalue weighted by Crippen LogP contribution is 2.25. The molecule has 1 saturated heterocycles. The van der Waals surface area contributed by atoms with Crippen LogP contribution in [0.2, 0.25) is 0 Å². The first kappa shape index (κ1) is 11.2. The molecule has 0 bridgehead atoms. The molecule has 2 unspecified atom stereocenters. The van der Waals surface area contributed by atoms with Gasteiger partial charge in [0.15, 0.2) is 0 Å². The van der Waals surface area contributed by atoms with Crippen molar-refractivity contribution in [3.63, 3.8) is 0 Å². The lowest BCUT2D eigenvalue weighted by atomic mass is 9.98. The third kappa shape index (κ3) is 2.21. The molecule has 4 heteroatoms. The second kappa shape index (κ2) is 4.74. The van der Waals surface area contributed by atoms with Crippen molar-refractivity contribution < 1.29 is 14.2 Å². The van der Waals surface area contributed by atoms with E-state index in [0.717, 1.165) is 5.56 Å². The lowest BCUT2D eigenvalue weighted by molar-refractivity contribution is -0.0975. The van der Waals surface area contributed by atoms with E-state index in [-0.39, 0.29) is 12.1 Å². The predicted molar refractivity (Wildman–Crippen MR) is 62.4 cm³/mol. The number of hydrogen-bond donors (Lipinski definition) is 1. The summed E-state index contributed by atoms with van der Waals surface area (Å²) in [5.41, 5.74) is 9.83. The number of ether oxygens (including phenoxy) is 3. The van der Waals surface area contributed by atoms with Crippen LogP contribution in [-0.4, -0.2) is 25.9 Å². The molecule has 0 aromatic heterocycles. The van der Waals surface area contributed by atoms with E-state index in [0.29, 0.717) is 33.0 Å². The summed E-state index contributed by atoms with van der Waals surface area (Å²) in [5, 5.41) is 0. The molecule has 2 aliphatic heterocycles. The van der Waals surface area contributed by atoms with Crippen molar-refractivity contribution in [1.29, 1.82) is 0 Å². The third-order valence-corrected chi connectivity index (χ3v) is 3.37. The molecule has 2 heterocycles. The number of rotatable bonds is 2. The van der Waals surface area contributed by atoms with Crippen molar-refractivity contribution in [2.45, 2.75) is 25.4 Å². The van der Waals surface area contributed by atoms with Gasteiger partial charge in [0.05, 0.1) is 39.1 Å². The fourth-order valence-corrected chi connectivity index (χ4v) is 2.33. The standard InChI is InChI=1S/C13H17NO3/c14-13(12-8-15-3-4-17-12)9-1-2-10-6-16-7-11(10)5-9/h1-2,5,12-13H,3-4,6-8,14H2. The molecule has 0 saturated carbocycles. The van der Waals surface area contributed by atoms with E-state index >= 15 is 0 Å². The van der Waals surface area contributed by atoms with E-state index in [9.17, 15) is 0 Å². The van der Waals surface area contributed by atoms with Gasteiger partial charge in [0.2, 0.25) is 0 Å². The Bertz CT molecular complexity index is 402.